The first-order valence-electron chi connectivity index (χ1n) is 11.7. The highest BCUT2D eigenvalue weighted by Gasteiger charge is 2.15. The summed E-state index contributed by atoms with van der Waals surface area (Å²) in [6, 6.07) is 27.8. The Morgan fingerprint density at radius 3 is 2.42 bits per heavy atom. The molecule has 0 saturated heterocycles. The van der Waals surface area contributed by atoms with Crippen molar-refractivity contribution >= 4 is 28.8 Å². The highest BCUT2D eigenvalue weighted by molar-refractivity contribution is 7.98. The average Bonchev–Trinajstić information content (AvgIpc) is 3.26. The van der Waals surface area contributed by atoms with Gasteiger partial charge in [0.2, 0.25) is 0 Å². The number of imidazole rings is 1. The van der Waals surface area contributed by atoms with E-state index >= 15 is 0 Å². The highest BCUT2D eigenvalue weighted by atomic mass is 32.2. The largest absolute Gasteiger partial charge is 0.346 e. The second-order valence-electron chi connectivity index (χ2n) is 8.54. The summed E-state index contributed by atoms with van der Waals surface area (Å²) in [5, 5.41) is 3.89. The van der Waals surface area contributed by atoms with E-state index in [0.29, 0.717) is 17.9 Å². The summed E-state index contributed by atoms with van der Waals surface area (Å²) in [6.07, 6.45) is 1.76. The molecule has 36 heavy (non-hydrogen) atoms. The molecule has 0 saturated carbocycles. The third kappa shape index (κ3) is 5.47. The molecular formula is C29H25FN4OS. The van der Waals surface area contributed by atoms with Crippen LogP contribution in [0.25, 0.3) is 11.2 Å². The van der Waals surface area contributed by atoms with Gasteiger partial charge >= 0.3 is 0 Å². The zero-order chi connectivity index (χ0) is 24.9. The maximum Gasteiger partial charge on any atom is 0.251 e. The summed E-state index contributed by atoms with van der Waals surface area (Å²) in [6.45, 7) is 2.55. The van der Waals surface area contributed by atoms with Gasteiger partial charge in [-0.05, 0) is 60.0 Å². The molecule has 1 unspecified atom stereocenters. The Bertz CT molecular complexity index is 1470. The fraction of sp³-hybridized carbons (Fsp3) is 0.138. The minimum absolute atomic E-state index is 0.0811. The van der Waals surface area contributed by atoms with Gasteiger partial charge in [-0.15, -0.1) is 0 Å². The number of aromatic nitrogens is 3. The Labute approximate surface area is 213 Å². The second kappa shape index (κ2) is 10.7. The summed E-state index contributed by atoms with van der Waals surface area (Å²) in [7, 11) is 0. The number of amides is 1. The Balaban J connectivity index is 1.31. The maximum atomic E-state index is 13.3. The lowest BCUT2D eigenvalue weighted by atomic mass is 10.1. The highest BCUT2D eigenvalue weighted by Crippen LogP contribution is 2.27. The average molecular weight is 497 g/mol. The normalized spacial score (nSPS) is 11.9. The van der Waals surface area contributed by atoms with E-state index < -0.39 is 0 Å². The molecule has 0 radical (unpaired) electrons. The number of halogens is 1. The molecule has 5 aromatic rings. The van der Waals surface area contributed by atoms with E-state index in [1.807, 2.05) is 73.7 Å². The number of hydrogen-bond donors (Lipinski definition) is 1. The van der Waals surface area contributed by atoms with Gasteiger partial charge in [-0.1, -0.05) is 66.4 Å². The lowest BCUT2D eigenvalue weighted by Gasteiger charge is -2.14. The van der Waals surface area contributed by atoms with Crippen molar-refractivity contribution in [2.45, 2.75) is 30.4 Å². The summed E-state index contributed by atoms with van der Waals surface area (Å²) >= 11 is 1.59. The van der Waals surface area contributed by atoms with E-state index in [4.69, 9.17) is 4.98 Å². The Kier molecular flexibility index (Phi) is 7.09. The van der Waals surface area contributed by atoms with Crippen LogP contribution in [0.15, 0.2) is 102 Å². The summed E-state index contributed by atoms with van der Waals surface area (Å²) < 4.78 is 15.3. The molecule has 5 rings (SSSR count). The molecule has 3 aromatic carbocycles. The molecule has 0 bridgehead atoms. The molecule has 5 nitrogen and oxygen atoms in total. The molecule has 180 valence electrons. The molecule has 0 aliphatic rings. The fourth-order valence-electron chi connectivity index (χ4n) is 3.97. The van der Waals surface area contributed by atoms with Crippen LogP contribution in [-0.2, 0) is 12.3 Å². The van der Waals surface area contributed by atoms with E-state index in [0.717, 1.165) is 33.0 Å². The molecular weight excluding hydrogens is 471 g/mol. The Hall–Kier alpha value is -3.97. The third-order valence-corrected chi connectivity index (χ3v) is 7.00. The standard InChI is InChI=1S/C29H25FN4OS/c1-20(23-6-3-2-4-7-23)32-28(35)24-13-9-21(10-14-24)18-34-27-26(8-5-17-31-27)33-29(34)36-19-22-11-15-25(30)16-12-22/h2-17,20H,18-19H2,1H3,(H,32,35). The smallest absolute Gasteiger partial charge is 0.251 e. The third-order valence-electron chi connectivity index (χ3n) is 5.95. The predicted octanol–water partition coefficient (Wildman–Crippen LogP) is 6.40. The Morgan fingerprint density at radius 1 is 0.944 bits per heavy atom. The summed E-state index contributed by atoms with van der Waals surface area (Å²) in [5.74, 6) is 0.317. The van der Waals surface area contributed by atoms with Crippen LogP contribution in [0.2, 0.25) is 0 Å². The van der Waals surface area contributed by atoms with Crippen LogP contribution in [0.3, 0.4) is 0 Å². The number of benzene rings is 3. The SMILES string of the molecule is CC(NC(=O)c1ccc(Cn2c(SCc3ccc(F)cc3)nc3cccnc32)cc1)c1ccccc1. The molecule has 0 aliphatic heterocycles. The van der Waals surface area contributed by atoms with Crippen LogP contribution < -0.4 is 5.32 Å². The minimum atomic E-state index is -0.244. The van der Waals surface area contributed by atoms with Crippen LogP contribution in [0, 0.1) is 5.82 Å². The van der Waals surface area contributed by atoms with Crippen LogP contribution in [0.4, 0.5) is 4.39 Å². The van der Waals surface area contributed by atoms with Crippen molar-refractivity contribution in [2.24, 2.45) is 0 Å². The van der Waals surface area contributed by atoms with Crippen molar-refractivity contribution < 1.29 is 9.18 Å². The van der Waals surface area contributed by atoms with Gasteiger partial charge in [0.25, 0.3) is 5.91 Å². The summed E-state index contributed by atoms with van der Waals surface area (Å²) in [4.78, 5) is 22.1. The number of carbonyl (C=O) groups excluding carboxylic acids is 1. The van der Waals surface area contributed by atoms with Gasteiger partial charge in [0.1, 0.15) is 11.3 Å². The first-order valence-corrected chi connectivity index (χ1v) is 12.7. The van der Waals surface area contributed by atoms with Crippen molar-refractivity contribution in [1.82, 2.24) is 19.9 Å². The fourth-order valence-corrected chi connectivity index (χ4v) is 4.93. The number of nitrogens with zero attached hydrogens (tertiary/aromatic N) is 3. The van der Waals surface area contributed by atoms with Gasteiger partial charge in [-0.3, -0.25) is 9.36 Å². The van der Waals surface area contributed by atoms with E-state index in [1.165, 1.54) is 12.1 Å². The minimum Gasteiger partial charge on any atom is -0.346 e. The number of fused-ring (bicyclic) bond motifs is 1. The zero-order valence-corrected chi connectivity index (χ0v) is 20.6. The summed E-state index contributed by atoms with van der Waals surface area (Å²) in [5.41, 5.74) is 5.36. The lowest BCUT2D eigenvalue weighted by molar-refractivity contribution is 0.0940. The molecule has 1 amide bonds. The quantitative estimate of drug-likeness (QED) is 0.253. The van der Waals surface area contributed by atoms with Crippen molar-refractivity contribution in [1.29, 1.82) is 0 Å². The zero-order valence-electron chi connectivity index (χ0n) is 19.8. The number of hydrogen-bond acceptors (Lipinski definition) is 4. The van der Waals surface area contributed by atoms with E-state index in [9.17, 15) is 9.18 Å². The van der Waals surface area contributed by atoms with Crippen molar-refractivity contribution in [3.63, 3.8) is 0 Å². The number of nitrogens with one attached hydrogen (secondary N) is 1. The molecule has 1 atom stereocenters. The molecule has 2 heterocycles. The van der Waals surface area contributed by atoms with Crippen LogP contribution in [0.1, 0.15) is 40.0 Å². The molecule has 0 aliphatic carbocycles. The van der Waals surface area contributed by atoms with Gasteiger partial charge < -0.3 is 5.32 Å². The van der Waals surface area contributed by atoms with Crippen molar-refractivity contribution in [3.8, 4) is 0 Å². The molecule has 0 fully saturated rings. The molecule has 1 N–H and O–H groups in total. The van der Waals surface area contributed by atoms with Crippen molar-refractivity contribution in [3.05, 3.63) is 125 Å². The van der Waals surface area contributed by atoms with E-state index in [2.05, 4.69) is 14.9 Å². The maximum absolute atomic E-state index is 13.3. The molecule has 2 aromatic heterocycles. The van der Waals surface area contributed by atoms with Crippen molar-refractivity contribution in [2.75, 3.05) is 0 Å². The van der Waals surface area contributed by atoms with Crippen LogP contribution >= 0.6 is 11.8 Å². The van der Waals surface area contributed by atoms with Gasteiger partial charge in [-0.2, -0.15) is 0 Å². The van der Waals surface area contributed by atoms with E-state index in [1.54, 1.807) is 30.1 Å². The second-order valence-corrected chi connectivity index (χ2v) is 9.49. The van der Waals surface area contributed by atoms with Gasteiger partial charge in [0.05, 0.1) is 12.6 Å². The van der Waals surface area contributed by atoms with Gasteiger partial charge in [-0.25, -0.2) is 14.4 Å². The van der Waals surface area contributed by atoms with Gasteiger partial charge in [0.15, 0.2) is 10.8 Å². The number of thioether (sulfide) groups is 1. The Morgan fingerprint density at radius 2 is 1.67 bits per heavy atom. The number of pyridine rings is 1. The first-order chi connectivity index (χ1) is 17.6. The van der Waals surface area contributed by atoms with Crippen LogP contribution in [-0.4, -0.2) is 20.4 Å². The molecule has 7 heteroatoms. The van der Waals surface area contributed by atoms with Gasteiger partial charge in [0, 0.05) is 17.5 Å². The van der Waals surface area contributed by atoms with E-state index in [-0.39, 0.29) is 17.8 Å². The number of rotatable bonds is 8. The topological polar surface area (TPSA) is 59.8 Å². The lowest BCUT2D eigenvalue weighted by Crippen LogP contribution is -2.26. The first kappa shape index (κ1) is 23.8. The number of carbonyl (C=O) groups is 1. The van der Waals surface area contributed by atoms with Crippen LogP contribution in [0.5, 0.6) is 0 Å². The molecule has 0 spiro atoms. The monoisotopic (exact) mass is 496 g/mol. The predicted molar refractivity (Wildman–Crippen MR) is 141 cm³/mol.